The summed E-state index contributed by atoms with van der Waals surface area (Å²) in [5.41, 5.74) is -0.730. The Balaban J connectivity index is 2.87. The number of halogens is 3. The fourth-order valence-corrected chi connectivity index (χ4v) is 1.12. The quantitative estimate of drug-likeness (QED) is 0.854. The summed E-state index contributed by atoms with van der Waals surface area (Å²) < 4.78 is 37.5. The van der Waals surface area contributed by atoms with E-state index in [1.807, 2.05) is 27.7 Å². The minimum Gasteiger partial charge on any atom is -0.367 e. The van der Waals surface area contributed by atoms with Crippen molar-refractivity contribution in [3.8, 4) is 0 Å². The molecule has 17 heavy (non-hydrogen) atoms. The molecule has 1 aromatic heterocycles. The van der Waals surface area contributed by atoms with E-state index in [0.29, 0.717) is 0 Å². The molecule has 0 saturated heterocycles. The van der Waals surface area contributed by atoms with Crippen LogP contribution in [0.1, 0.15) is 33.3 Å². The van der Waals surface area contributed by atoms with Crippen molar-refractivity contribution in [2.24, 2.45) is 5.41 Å². The molecule has 1 aromatic rings. The molecule has 0 spiro atoms. The molecule has 0 radical (unpaired) electrons. The van der Waals surface area contributed by atoms with Crippen LogP contribution in [0.4, 0.5) is 19.0 Å². The molecule has 1 atom stereocenters. The molecule has 0 aliphatic rings. The first-order valence-corrected chi connectivity index (χ1v) is 5.40. The summed E-state index contributed by atoms with van der Waals surface area (Å²) in [5, 5.41) is 2.98. The van der Waals surface area contributed by atoms with Crippen molar-refractivity contribution in [2.75, 3.05) is 5.32 Å². The zero-order valence-electron chi connectivity index (χ0n) is 10.4. The van der Waals surface area contributed by atoms with Crippen molar-refractivity contribution < 1.29 is 13.2 Å². The number of nitrogens with zero attached hydrogens (tertiary/aromatic N) is 1. The van der Waals surface area contributed by atoms with E-state index in [1.54, 1.807) is 0 Å². The summed E-state index contributed by atoms with van der Waals surface area (Å²) in [4.78, 5) is 3.90. The molecule has 0 amide bonds. The van der Waals surface area contributed by atoms with Crippen LogP contribution in [0.25, 0.3) is 0 Å². The Morgan fingerprint density at radius 1 is 1.24 bits per heavy atom. The van der Waals surface area contributed by atoms with Crippen LogP contribution in [0.15, 0.2) is 18.3 Å². The van der Waals surface area contributed by atoms with Crippen LogP contribution >= 0.6 is 0 Å². The number of pyridine rings is 1. The average Bonchev–Trinajstić information content (AvgIpc) is 2.15. The summed E-state index contributed by atoms with van der Waals surface area (Å²) in [6, 6.07) is 2.02. The lowest BCUT2D eigenvalue weighted by Gasteiger charge is -2.28. The van der Waals surface area contributed by atoms with E-state index in [2.05, 4.69) is 10.3 Å². The molecule has 1 rings (SSSR count). The molecule has 0 aliphatic heterocycles. The van der Waals surface area contributed by atoms with Gasteiger partial charge in [-0.3, -0.25) is 0 Å². The number of aromatic nitrogens is 1. The Bertz CT molecular complexity index is 380. The number of nitrogens with one attached hydrogen (secondary N) is 1. The van der Waals surface area contributed by atoms with Crippen LogP contribution in [0, 0.1) is 5.41 Å². The molecule has 0 aliphatic carbocycles. The SMILES string of the molecule is CC(Nc1cc(C(F)(F)F)ccn1)C(C)(C)C. The molecule has 5 heteroatoms. The third-order valence-corrected chi connectivity index (χ3v) is 2.75. The highest BCUT2D eigenvalue weighted by Gasteiger charge is 2.31. The van der Waals surface area contributed by atoms with Crippen molar-refractivity contribution >= 4 is 5.82 Å². The van der Waals surface area contributed by atoms with E-state index in [0.717, 1.165) is 12.1 Å². The summed E-state index contributed by atoms with van der Waals surface area (Å²) >= 11 is 0. The molecule has 0 fully saturated rings. The second-order valence-electron chi connectivity index (χ2n) is 5.16. The van der Waals surface area contributed by atoms with Crippen LogP contribution in [-0.4, -0.2) is 11.0 Å². The zero-order valence-corrected chi connectivity index (χ0v) is 10.4. The monoisotopic (exact) mass is 246 g/mol. The first kappa shape index (κ1) is 13.8. The second kappa shape index (κ2) is 4.55. The lowest BCUT2D eigenvalue weighted by molar-refractivity contribution is -0.137. The van der Waals surface area contributed by atoms with Crippen LogP contribution in [0.3, 0.4) is 0 Å². The number of alkyl halides is 3. The molecule has 1 unspecified atom stereocenters. The number of hydrogen-bond donors (Lipinski definition) is 1. The minimum absolute atomic E-state index is 0.0264. The summed E-state index contributed by atoms with van der Waals surface area (Å²) in [6.07, 6.45) is -3.16. The zero-order chi connectivity index (χ0) is 13.3. The van der Waals surface area contributed by atoms with Gasteiger partial charge in [-0.05, 0) is 24.5 Å². The third kappa shape index (κ3) is 3.91. The van der Waals surface area contributed by atoms with Gasteiger partial charge >= 0.3 is 6.18 Å². The fraction of sp³-hybridized carbons (Fsp3) is 0.583. The molecule has 2 nitrogen and oxygen atoms in total. The predicted octanol–water partition coefficient (Wildman–Crippen LogP) is 3.95. The van der Waals surface area contributed by atoms with Gasteiger partial charge in [0, 0.05) is 12.2 Å². The lowest BCUT2D eigenvalue weighted by atomic mass is 9.88. The van der Waals surface area contributed by atoms with E-state index in [-0.39, 0.29) is 17.3 Å². The van der Waals surface area contributed by atoms with Gasteiger partial charge in [-0.15, -0.1) is 0 Å². The number of anilines is 1. The topological polar surface area (TPSA) is 24.9 Å². The second-order valence-corrected chi connectivity index (χ2v) is 5.16. The Morgan fingerprint density at radius 2 is 1.82 bits per heavy atom. The van der Waals surface area contributed by atoms with E-state index < -0.39 is 11.7 Å². The maximum absolute atomic E-state index is 12.5. The van der Waals surface area contributed by atoms with Crippen molar-refractivity contribution in [3.05, 3.63) is 23.9 Å². The standard InChI is InChI=1S/C12H17F3N2/c1-8(11(2,3)4)17-10-7-9(5-6-16-10)12(13,14)15/h5-8H,1-4H3,(H,16,17). The van der Waals surface area contributed by atoms with Crippen LogP contribution in [-0.2, 0) is 6.18 Å². The molecule has 0 bridgehead atoms. The lowest BCUT2D eigenvalue weighted by Crippen LogP contribution is -2.31. The van der Waals surface area contributed by atoms with Crippen molar-refractivity contribution in [3.63, 3.8) is 0 Å². The molecule has 96 valence electrons. The van der Waals surface area contributed by atoms with Gasteiger partial charge in [0.15, 0.2) is 0 Å². The van der Waals surface area contributed by atoms with Gasteiger partial charge < -0.3 is 5.32 Å². The van der Waals surface area contributed by atoms with Gasteiger partial charge in [0.25, 0.3) is 0 Å². The van der Waals surface area contributed by atoms with E-state index >= 15 is 0 Å². The van der Waals surface area contributed by atoms with Crippen LogP contribution in [0.5, 0.6) is 0 Å². The van der Waals surface area contributed by atoms with Gasteiger partial charge in [-0.1, -0.05) is 20.8 Å². The maximum Gasteiger partial charge on any atom is 0.416 e. The van der Waals surface area contributed by atoms with Crippen molar-refractivity contribution in [2.45, 2.75) is 39.9 Å². The van der Waals surface area contributed by atoms with E-state index in [9.17, 15) is 13.2 Å². The van der Waals surface area contributed by atoms with E-state index in [1.165, 1.54) is 6.20 Å². The highest BCUT2D eigenvalue weighted by Crippen LogP contribution is 2.30. The third-order valence-electron chi connectivity index (χ3n) is 2.75. The highest BCUT2D eigenvalue weighted by molar-refractivity contribution is 5.39. The van der Waals surface area contributed by atoms with E-state index in [4.69, 9.17) is 0 Å². The average molecular weight is 246 g/mol. The Hall–Kier alpha value is -1.26. The molecule has 0 saturated carbocycles. The fourth-order valence-electron chi connectivity index (χ4n) is 1.12. The van der Waals surface area contributed by atoms with Crippen molar-refractivity contribution in [1.82, 2.24) is 4.98 Å². The predicted molar refractivity (Wildman–Crippen MR) is 61.8 cm³/mol. The van der Waals surface area contributed by atoms with Gasteiger partial charge in [0.2, 0.25) is 0 Å². The Labute approximate surface area is 99.3 Å². The van der Waals surface area contributed by atoms with Gasteiger partial charge in [-0.25, -0.2) is 4.98 Å². The largest absolute Gasteiger partial charge is 0.416 e. The van der Waals surface area contributed by atoms with Gasteiger partial charge in [-0.2, -0.15) is 13.2 Å². The van der Waals surface area contributed by atoms with Crippen LogP contribution < -0.4 is 5.32 Å². The Kier molecular flexibility index (Phi) is 3.69. The summed E-state index contributed by atoms with van der Waals surface area (Å²) in [7, 11) is 0. The summed E-state index contributed by atoms with van der Waals surface area (Å²) in [5.74, 6) is 0.252. The molecule has 0 aromatic carbocycles. The Morgan fingerprint density at radius 3 is 2.29 bits per heavy atom. The van der Waals surface area contributed by atoms with Gasteiger partial charge in [0.1, 0.15) is 5.82 Å². The molecular formula is C12H17F3N2. The molecular weight excluding hydrogens is 229 g/mol. The van der Waals surface area contributed by atoms with Gasteiger partial charge in [0.05, 0.1) is 5.56 Å². The minimum atomic E-state index is -4.33. The highest BCUT2D eigenvalue weighted by atomic mass is 19.4. The molecule has 1 heterocycles. The molecule has 1 N–H and O–H groups in total. The van der Waals surface area contributed by atoms with Crippen LogP contribution in [0.2, 0.25) is 0 Å². The van der Waals surface area contributed by atoms with Crippen molar-refractivity contribution in [1.29, 1.82) is 0 Å². The first-order valence-electron chi connectivity index (χ1n) is 5.40. The normalized spacial score (nSPS) is 14.5. The number of rotatable bonds is 2. The smallest absolute Gasteiger partial charge is 0.367 e. The maximum atomic E-state index is 12.5. The summed E-state index contributed by atoms with van der Waals surface area (Å²) in [6.45, 7) is 7.96. The number of hydrogen-bond acceptors (Lipinski definition) is 2. The first-order chi connectivity index (χ1) is 7.60.